The van der Waals surface area contributed by atoms with Gasteiger partial charge in [-0.1, -0.05) is 24.3 Å². The van der Waals surface area contributed by atoms with Crippen molar-refractivity contribution in [3.63, 3.8) is 0 Å². The van der Waals surface area contributed by atoms with Gasteiger partial charge in [0, 0.05) is 19.6 Å². The van der Waals surface area contributed by atoms with E-state index in [9.17, 15) is 18.0 Å². The highest BCUT2D eigenvalue weighted by Crippen LogP contribution is 2.17. The predicted molar refractivity (Wildman–Crippen MR) is 116 cm³/mol. The van der Waals surface area contributed by atoms with E-state index in [-0.39, 0.29) is 25.1 Å². The van der Waals surface area contributed by atoms with Gasteiger partial charge in [-0.3, -0.25) is 9.59 Å². The molecule has 2 aromatic carbocycles. The molecule has 30 heavy (non-hydrogen) atoms. The number of nitrogens with one attached hydrogen (secondary N) is 2. The molecule has 0 radical (unpaired) electrons. The largest absolute Gasteiger partial charge is 0.484 e. The van der Waals surface area contributed by atoms with Crippen LogP contribution in [0.15, 0.2) is 48.5 Å². The minimum absolute atomic E-state index is 0.0233. The Morgan fingerprint density at radius 1 is 1.07 bits per heavy atom. The molecule has 0 fully saturated rings. The van der Waals surface area contributed by atoms with Gasteiger partial charge >= 0.3 is 0 Å². The maximum atomic E-state index is 12.3. The number of carbonyl (C=O) groups excluding carboxylic acids is 2. The average Bonchev–Trinajstić information content (AvgIpc) is 2.66. The second kappa shape index (κ2) is 10.2. The summed E-state index contributed by atoms with van der Waals surface area (Å²) in [5, 5.41) is 5.49. The highest BCUT2D eigenvalue weighted by atomic mass is 32.2. The maximum absolute atomic E-state index is 12.3. The van der Waals surface area contributed by atoms with Crippen LogP contribution in [0, 0.1) is 0 Å². The first kappa shape index (κ1) is 23.4. The number of anilines is 1. The fourth-order valence-corrected chi connectivity index (χ4v) is 2.91. The van der Waals surface area contributed by atoms with Crippen molar-refractivity contribution in [3.05, 3.63) is 59.7 Å². The summed E-state index contributed by atoms with van der Waals surface area (Å²) in [4.78, 5) is 24.5. The van der Waals surface area contributed by atoms with Crippen molar-refractivity contribution in [3.8, 4) is 5.75 Å². The summed E-state index contributed by atoms with van der Waals surface area (Å²) in [7, 11) is -1.75. The lowest BCUT2D eigenvalue weighted by Crippen LogP contribution is -2.31. The molecule has 9 heteroatoms. The summed E-state index contributed by atoms with van der Waals surface area (Å²) < 4.78 is 29.7. The topological polar surface area (TPSA) is 105 Å². The van der Waals surface area contributed by atoms with E-state index >= 15 is 0 Å². The Morgan fingerprint density at radius 3 is 2.30 bits per heavy atom. The van der Waals surface area contributed by atoms with Crippen molar-refractivity contribution in [1.82, 2.24) is 9.62 Å². The third kappa shape index (κ3) is 7.16. The van der Waals surface area contributed by atoms with Gasteiger partial charge < -0.3 is 15.4 Å². The molecule has 0 unspecified atom stereocenters. The number of nitrogens with zero attached hydrogens (tertiary/aromatic N) is 1. The fraction of sp³-hybridized carbons (Fsp3) is 0.333. The van der Waals surface area contributed by atoms with Crippen LogP contribution in [0.5, 0.6) is 5.75 Å². The van der Waals surface area contributed by atoms with Gasteiger partial charge in [0.05, 0.1) is 17.5 Å². The van der Waals surface area contributed by atoms with Crippen LogP contribution in [0.3, 0.4) is 0 Å². The molecule has 8 nitrogen and oxygen atoms in total. The predicted octanol–water partition coefficient (Wildman–Crippen LogP) is 2.23. The molecule has 0 saturated heterocycles. The van der Waals surface area contributed by atoms with Crippen molar-refractivity contribution in [1.29, 1.82) is 0 Å². The number of para-hydroxylation sites is 1. The standard InChI is InChI=1S/C21H27N3O5S/c1-15(2)22-21(26)18-7-5-6-8-19(18)23-20(25)14-29-17-11-9-16(10-12-17)13-24(3)30(4,27)28/h5-12,15H,13-14H2,1-4H3,(H,22,26)(H,23,25). The van der Waals surface area contributed by atoms with Gasteiger partial charge in [0.15, 0.2) is 6.61 Å². The molecule has 2 aromatic rings. The molecule has 2 amide bonds. The Hall–Kier alpha value is -2.91. The number of rotatable bonds is 9. The van der Waals surface area contributed by atoms with Gasteiger partial charge in [-0.25, -0.2) is 12.7 Å². The molecule has 0 atom stereocenters. The summed E-state index contributed by atoms with van der Waals surface area (Å²) in [5.74, 6) is -0.195. The van der Waals surface area contributed by atoms with Crippen molar-refractivity contribution in [2.45, 2.75) is 26.4 Å². The van der Waals surface area contributed by atoms with Crippen LogP contribution in [0.25, 0.3) is 0 Å². The zero-order valence-electron chi connectivity index (χ0n) is 17.5. The zero-order chi connectivity index (χ0) is 22.3. The Kier molecular flexibility index (Phi) is 7.96. The lowest BCUT2D eigenvalue weighted by Gasteiger charge is -2.15. The van der Waals surface area contributed by atoms with E-state index in [1.165, 1.54) is 11.4 Å². The molecular formula is C21H27N3O5S. The molecule has 0 aliphatic rings. The lowest BCUT2D eigenvalue weighted by molar-refractivity contribution is -0.118. The van der Waals surface area contributed by atoms with E-state index in [1.807, 2.05) is 13.8 Å². The van der Waals surface area contributed by atoms with Gasteiger partial charge in [0.25, 0.3) is 11.8 Å². The van der Waals surface area contributed by atoms with Gasteiger partial charge in [-0.15, -0.1) is 0 Å². The first-order valence-corrected chi connectivity index (χ1v) is 11.2. The molecule has 0 spiro atoms. The fourth-order valence-electron chi connectivity index (χ4n) is 2.53. The van der Waals surface area contributed by atoms with Gasteiger partial charge in [0.2, 0.25) is 10.0 Å². The van der Waals surface area contributed by atoms with Crippen LogP contribution in [-0.4, -0.2) is 50.5 Å². The Morgan fingerprint density at radius 2 is 1.70 bits per heavy atom. The normalized spacial score (nSPS) is 11.4. The third-order valence-corrected chi connectivity index (χ3v) is 5.39. The quantitative estimate of drug-likeness (QED) is 0.631. The van der Waals surface area contributed by atoms with Crippen LogP contribution >= 0.6 is 0 Å². The van der Waals surface area contributed by atoms with E-state index in [1.54, 1.807) is 48.5 Å². The van der Waals surface area contributed by atoms with Crippen molar-refractivity contribution in [2.24, 2.45) is 0 Å². The summed E-state index contributed by atoms with van der Waals surface area (Å²) in [5.41, 5.74) is 1.58. The monoisotopic (exact) mass is 433 g/mol. The molecule has 0 aromatic heterocycles. The van der Waals surface area contributed by atoms with Crippen molar-refractivity contribution >= 4 is 27.5 Å². The molecule has 0 aliphatic heterocycles. The van der Waals surface area contributed by atoms with Crippen LogP contribution in [-0.2, 0) is 21.4 Å². The van der Waals surface area contributed by atoms with E-state index in [0.29, 0.717) is 17.0 Å². The van der Waals surface area contributed by atoms with Crippen LogP contribution in [0.1, 0.15) is 29.8 Å². The molecular weight excluding hydrogens is 406 g/mol. The highest BCUT2D eigenvalue weighted by molar-refractivity contribution is 7.88. The number of sulfonamides is 1. The number of carbonyl (C=O) groups is 2. The van der Waals surface area contributed by atoms with E-state index in [0.717, 1.165) is 11.8 Å². The van der Waals surface area contributed by atoms with Crippen LogP contribution in [0.4, 0.5) is 5.69 Å². The highest BCUT2D eigenvalue weighted by Gasteiger charge is 2.14. The molecule has 0 heterocycles. The average molecular weight is 434 g/mol. The number of ether oxygens (including phenoxy) is 1. The minimum atomic E-state index is -3.26. The van der Waals surface area contributed by atoms with Crippen LogP contribution < -0.4 is 15.4 Å². The van der Waals surface area contributed by atoms with Crippen molar-refractivity contribution < 1.29 is 22.7 Å². The van der Waals surface area contributed by atoms with Gasteiger partial charge in [-0.05, 0) is 43.7 Å². The summed E-state index contributed by atoms with van der Waals surface area (Å²) in [6.45, 7) is 3.73. The number of hydrogen-bond donors (Lipinski definition) is 2. The Labute approximate surface area is 177 Å². The number of amides is 2. The smallest absolute Gasteiger partial charge is 0.262 e. The first-order chi connectivity index (χ1) is 14.1. The summed E-state index contributed by atoms with van der Waals surface area (Å²) in [6, 6.07) is 13.5. The minimum Gasteiger partial charge on any atom is -0.484 e. The molecule has 2 N–H and O–H groups in total. The van der Waals surface area contributed by atoms with Crippen LogP contribution in [0.2, 0.25) is 0 Å². The van der Waals surface area contributed by atoms with Crippen molar-refractivity contribution in [2.75, 3.05) is 25.2 Å². The number of benzene rings is 2. The molecule has 2 rings (SSSR count). The van der Waals surface area contributed by atoms with E-state index < -0.39 is 15.9 Å². The summed E-state index contributed by atoms with van der Waals surface area (Å²) >= 11 is 0. The third-order valence-electron chi connectivity index (χ3n) is 4.13. The number of hydrogen-bond acceptors (Lipinski definition) is 5. The molecule has 0 aliphatic carbocycles. The first-order valence-electron chi connectivity index (χ1n) is 9.39. The molecule has 0 saturated carbocycles. The second-order valence-corrected chi connectivity index (χ2v) is 9.26. The van der Waals surface area contributed by atoms with Gasteiger partial charge in [0.1, 0.15) is 5.75 Å². The summed E-state index contributed by atoms with van der Waals surface area (Å²) in [6.07, 6.45) is 1.15. The van der Waals surface area contributed by atoms with Gasteiger partial charge in [-0.2, -0.15) is 0 Å². The Balaban J connectivity index is 1.93. The van der Waals surface area contributed by atoms with E-state index in [4.69, 9.17) is 4.74 Å². The zero-order valence-corrected chi connectivity index (χ0v) is 18.3. The van der Waals surface area contributed by atoms with E-state index in [2.05, 4.69) is 10.6 Å². The molecule has 0 bridgehead atoms. The maximum Gasteiger partial charge on any atom is 0.262 e. The Bertz CT molecular complexity index is 988. The SMILES string of the molecule is CC(C)NC(=O)c1ccccc1NC(=O)COc1ccc(CN(C)S(C)(=O)=O)cc1. The lowest BCUT2D eigenvalue weighted by atomic mass is 10.1. The molecule has 162 valence electrons. The second-order valence-electron chi connectivity index (χ2n) is 7.17.